The first kappa shape index (κ1) is 18.6. The summed E-state index contributed by atoms with van der Waals surface area (Å²) < 4.78 is 0. The minimum Gasteiger partial charge on any atom is -0.368 e. The van der Waals surface area contributed by atoms with E-state index in [1.807, 2.05) is 35.2 Å². The number of hydrogen-bond donors (Lipinski definition) is 1. The number of amides is 1. The Morgan fingerprint density at radius 3 is 2.50 bits per heavy atom. The second kappa shape index (κ2) is 8.07. The first-order chi connectivity index (χ1) is 13.7. The second-order valence-electron chi connectivity index (χ2n) is 6.94. The van der Waals surface area contributed by atoms with Gasteiger partial charge in [0.05, 0.1) is 5.69 Å². The van der Waals surface area contributed by atoms with Gasteiger partial charge < -0.3 is 9.80 Å². The van der Waals surface area contributed by atoms with Crippen LogP contribution < -0.4 is 4.90 Å². The molecule has 6 heteroatoms. The van der Waals surface area contributed by atoms with Crippen LogP contribution in [0.1, 0.15) is 23.0 Å². The Hall–Kier alpha value is -2.79. The van der Waals surface area contributed by atoms with E-state index in [4.69, 9.17) is 11.6 Å². The normalized spacial score (nSPS) is 14.4. The molecule has 2 heterocycles. The van der Waals surface area contributed by atoms with Crippen molar-refractivity contribution in [1.29, 1.82) is 0 Å². The van der Waals surface area contributed by atoms with Crippen LogP contribution in [0.15, 0.2) is 54.6 Å². The summed E-state index contributed by atoms with van der Waals surface area (Å²) in [5, 5.41) is 7.86. The van der Waals surface area contributed by atoms with Gasteiger partial charge in [-0.3, -0.25) is 9.89 Å². The number of rotatable bonds is 4. The molecule has 1 saturated heterocycles. The number of anilines is 1. The first-order valence-electron chi connectivity index (χ1n) is 9.59. The summed E-state index contributed by atoms with van der Waals surface area (Å²) in [6.07, 6.45) is 1.01. The molecule has 1 aliphatic rings. The maximum Gasteiger partial charge on any atom is 0.272 e. The largest absolute Gasteiger partial charge is 0.368 e. The summed E-state index contributed by atoms with van der Waals surface area (Å²) in [4.78, 5) is 17.1. The zero-order valence-electron chi connectivity index (χ0n) is 15.9. The SMILES string of the molecule is CCc1ccccc1N1CCN(C(=O)c2cc(-c3ccc(Cl)cc3)n[nH]2)CC1. The molecule has 1 amide bonds. The van der Waals surface area contributed by atoms with Gasteiger partial charge in [0.15, 0.2) is 0 Å². The van der Waals surface area contributed by atoms with E-state index >= 15 is 0 Å². The van der Waals surface area contributed by atoms with Gasteiger partial charge in [-0.1, -0.05) is 48.9 Å². The van der Waals surface area contributed by atoms with Crippen LogP contribution in [0, 0.1) is 0 Å². The minimum absolute atomic E-state index is 0.00357. The maximum atomic E-state index is 12.9. The Bertz CT molecular complexity index is 959. The zero-order chi connectivity index (χ0) is 19.5. The number of benzene rings is 2. The number of aryl methyl sites for hydroxylation is 1. The van der Waals surface area contributed by atoms with Crippen LogP contribution >= 0.6 is 11.6 Å². The maximum absolute atomic E-state index is 12.9. The number of para-hydroxylation sites is 1. The van der Waals surface area contributed by atoms with Crippen LogP contribution in [0.3, 0.4) is 0 Å². The van der Waals surface area contributed by atoms with Gasteiger partial charge in [0.25, 0.3) is 5.91 Å². The van der Waals surface area contributed by atoms with Gasteiger partial charge in [-0.2, -0.15) is 5.10 Å². The number of aromatic amines is 1. The van der Waals surface area contributed by atoms with Crippen molar-refractivity contribution in [2.24, 2.45) is 0 Å². The summed E-state index contributed by atoms with van der Waals surface area (Å²) >= 11 is 5.94. The lowest BCUT2D eigenvalue weighted by Gasteiger charge is -2.36. The van der Waals surface area contributed by atoms with Gasteiger partial charge >= 0.3 is 0 Å². The van der Waals surface area contributed by atoms with Crippen molar-refractivity contribution in [3.63, 3.8) is 0 Å². The van der Waals surface area contributed by atoms with E-state index in [0.29, 0.717) is 23.8 Å². The van der Waals surface area contributed by atoms with E-state index in [0.717, 1.165) is 30.8 Å². The molecule has 5 nitrogen and oxygen atoms in total. The number of halogens is 1. The number of carbonyl (C=O) groups is 1. The van der Waals surface area contributed by atoms with Crippen LogP contribution in [0.25, 0.3) is 11.3 Å². The molecule has 2 aromatic carbocycles. The van der Waals surface area contributed by atoms with E-state index in [1.165, 1.54) is 11.3 Å². The standard InChI is InChI=1S/C22H23ClN4O/c1-2-16-5-3-4-6-21(16)26-11-13-27(14-12-26)22(28)20-15-19(24-25-20)17-7-9-18(23)10-8-17/h3-10,15H,2,11-14H2,1H3,(H,24,25). The predicted molar refractivity (Wildman–Crippen MR) is 113 cm³/mol. The Kier molecular flexibility index (Phi) is 5.35. The van der Waals surface area contributed by atoms with Gasteiger partial charge in [0.1, 0.15) is 5.69 Å². The number of nitrogens with one attached hydrogen (secondary N) is 1. The average Bonchev–Trinajstić information content (AvgIpc) is 3.24. The second-order valence-corrected chi connectivity index (χ2v) is 7.37. The molecule has 0 spiro atoms. The van der Waals surface area contributed by atoms with Gasteiger partial charge in [0.2, 0.25) is 0 Å². The third kappa shape index (κ3) is 3.76. The fourth-order valence-electron chi connectivity index (χ4n) is 3.64. The summed E-state index contributed by atoms with van der Waals surface area (Å²) in [7, 11) is 0. The number of aromatic nitrogens is 2. The molecule has 1 aromatic heterocycles. The molecule has 28 heavy (non-hydrogen) atoms. The number of piperazine rings is 1. The van der Waals surface area contributed by atoms with Gasteiger partial charge in [-0.15, -0.1) is 0 Å². The van der Waals surface area contributed by atoms with Crippen LogP contribution in [0.2, 0.25) is 5.02 Å². The molecule has 4 rings (SSSR count). The fraction of sp³-hybridized carbons (Fsp3) is 0.273. The number of H-pyrrole nitrogens is 1. The molecular formula is C22H23ClN4O. The van der Waals surface area contributed by atoms with Crippen LogP contribution in [0.4, 0.5) is 5.69 Å². The molecule has 0 saturated carbocycles. The van der Waals surface area contributed by atoms with Crippen LogP contribution in [0.5, 0.6) is 0 Å². The van der Waals surface area contributed by atoms with Crippen molar-refractivity contribution in [3.8, 4) is 11.3 Å². The van der Waals surface area contributed by atoms with Crippen molar-refractivity contribution in [2.45, 2.75) is 13.3 Å². The predicted octanol–water partition coefficient (Wildman–Crippen LogP) is 4.25. The van der Waals surface area contributed by atoms with E-state index in [1.54, 1.807) is 0 Å². The zero-order valence-corrected chi connectivity index (χ0v) is 16.6. The summed E-state index contributed by atoms with van der Waals surface area (Å²) in [5.41, 5.74) is 4.83. The van der Waals surface area contributed by atoms with E-state index < -0.39 is 0 Å². The van der Waals surface area contributed by atoms with Crippen molar-refractivity contribution < 1.29 is 4.79 Å². The molecule has 0 unspecified atom stereocenters. The van der Waals surface area contributed by atoms with Crippen molar-refractivity contribution in [3.05, 3.63) is 70.9 Å². The molecule has 1 aliphatic heterocycles. The molecular weight excluding hydrogens is 372 g/mol. The number of hydrogen-bond acceptors (Lipinski definition) is 3. The van der Waals surface area contributed by atoms with Crippen molar-refractivity contribution in [1.82, 2.24) is 15.1 Å². The third-order valence-electron chi connectivity index (χ3n) is 5.23. The first-order valence-corrected chi connectivity index (χ1v) is 9.97. The smallest absolute Gasteiger partial charge is 0.272 e. The third-order valence-corrected chi connectivity index (χ3v) is 5.48. The Morgan fingerprint density at radius 1 is 1.07 bits per heavy atom. The lowest BCUT2D eigenvalue weighted by atomic mass is 10.1. The highest BCUT2D eigenvalue weighted by Crippen LogP contribution is 2.24. The Balaban J connectivity index is 1.42. The summed E-state index contributed by atoms with van der Waals surface area (Å²) in [6, 6.07) is 17.8. The highest BCUT2D eigenvalue weighted by atomic mass is 35.5. The number of nitrogens with zero attached hydrogens (tertiary/aromatic N) is 3. The quantitative estimate of drug-likeness (QED) is 0.719. The Labute approximate surface area is 169 Å². The van der Waals surface area contributed by atoms with Crippen molar-refractivity contribution >= 4 is 23.2 Å². The van der Waals surface area contributed by atoms with Crippen molar-refractivity contribution in [2.75, 3.05) is 31.1 Å². The molecule has 0 radical (unpaired) electrons. The average molecular weight is 395 g/mol. The molecule has 3 aromatic rings. The molecule has 144 valence electrons. The van der Waals surface area contributed by atoms with Gasteiger partial charge in [-0.05, 0) is 36.2 Å². The fourth-order valence-corrected chi connectivity index (χ4v) is 3.76. The minimum atomic E-state index is -0.00357. The van der Waals surface area contributed by atoms with Crippen LogP contribution in [-0.4, -0.2) is 47.2 Å². The number of carbonyl (C=O) groups excluding carboxylic acids is 1. The molecule has 1 fully saturated rings. The van der Waals surface area contributed by atoms with Gasteiger partial charge in [-0.25, -0.2) is 0 Å². The Morgan fingerprint density at radius 2 is 1.79 bits per heavy atom. The lowest BCUT2D eigenvalue weighted by molar-refractivity contribution is 0.0741. The lowest BCUT2D eigenvalue weighted by Crippen LogP contribution is -2.49. The van der Waals surface area contributed by atoms with E-state index in [-0.39, 0.29) is 5.91 Å². The van der Waals surface area contributed by atoms with E-state index in [2.05, 4.69) is 46.3 Å². The highest BCUT2D eigenvalue weighted by molar-refractivity contribution is 6.30. The molecule has 1 N–H and O–H groups in total. The van der Waals surface area contributed by atoms with Crippen LogP contribution in [-0.2, 0) is 6.42 Å². The molecule has 0 atom stereocenters. The van der Waals surface area contributed by atoms with E-state index in [9.17, 15) is 4.79 Å². The topological polar surface area (TPSA) is 52.2 Å². The molecule has 0 aliphatic carbocycles. The molecule has 0 bridgehead atoms. The summed E-state index contributed by atoms with van der Waals surface area (Å²) in [5.74, 6) is -0.00357. The summed E-state index contributed by atoms with van der Waals surface area (Å²) in [6.45, 7) is 5.25. The van der Waals surface area contributed by atoms with Gasteiger partial charge in [0, 0.05) is 42.5 Å². The highest BCUT2D eigenvalue weighted by Gasteiger charge is 2.24. The monoisotopic (exact) mass is 394 g/mol.